The number of amides is 1. The second-order valence-electron chi connectivity index (χ2n) is 5.17. The zero-order valence-corrected chi connectivity index (χ0v) is 12.6. The van der Waals surface area contributed by atoms with Crippen LogP contribution in [0.3, 0.4) is 0 Å². The van der Waals surface area contributed by atoms with E-state index in [4.69, 9.17) is 6.42 Å². The van der Waals surface area contributed by atoms with Crippen molar-refractivity contribution in [1.29, 1.82) is 0 Å². The lowest BCUT2D eigenvalue weighted by Gasteiger charge is -2.29. The lowest BCUT2D eigenvalue weighted by molar-refractivity contribution is -0.270. The SMILES string of the molecule is C#Cc1cccc(NC(=O)C[C@@](O)(c2nccn2C)C(F)(F)F)c1. The lowest BCUT2D eigenvalue weighted by Crippen LogP contribution is -2.46. The number of imidazole rings is 1. The Morgan fingerprint density at radius 2 is 2.17 bits per heavy atom. The van der Waals surface area contributed by atoms with Crippen LogP contribution in [0.2, 0.25) is 0 Å². The first-order chi connectivity index (χ1) is 11.2. The van der Waals surface area contributed by atoms with Gasteiger partial charge in [0.05, 0.1) is 6.42 Å². The minimum absolute atomic E-state index is 0.236. The monoisotopic (exact) mass is 337 g/mol. The normalized spacial score (nSPS) is 13.8. The fourth-order valence-electron chi connectivity index (χ4n) is 2.19. The number of anilines is 1. The number of nitrogens with one attached hydrogen (secondary N) is 1. The van der Waals surface area contributed by atoms with Crippen molar-refractivity contribution in [2.75, 3.05) is 5.32 Å². The summed E-state index contributed by atoms with van der Waals surface area (Å²) in [5.74, 6) is 0.663. The first kappa shape index (κ1) is 17.6. The zero-order valence-electron chi connectivity index (χ0n) is 12.6. The number of benzene rings is 1. The fraction of sp³-hybridized carbons (Fsp3) is 0.250. The van der Waals surface area contributed by atoms with Crippen molar-refractivity contribution < 1.29 is 23.1 Å². The highest BCUT2D eigenvalue weighted by Crippen LogP contribution is 2.40. The molecule has 1 aromatic carbocycles. The Kier molecular flexibility index (Phi) is 4.66. The van der Waals surface area contributed by atoms with E-state index < -0.39 is 29.9 Å². The average molecular weight is 337 g/mol. The third-order valence-corrected chi connectivity index (χ3v) is 3.39. The molecule has 0 aliphatic heterocycles. The van der Waals surface area contributed by atoms with E-state index in [-0.39, 0.29) is 5.69 Å². The van der Waals surface area contributed by atoms with E-state index in [1.165, 1.54) is 25.4 Å². The smallest absolute Gasteiger partial charge is 0.374 e. The highest BCUT2D eigenvalue weighted by molar-refractivity contribution is 5.91. The van der Waals surface area contributed by atoms with Crippen molar-refractivity contribution in [3.63, 3.8) is 0 Å². The van der Waals surface area contributed by atoms with Crippen molar-refractivity contribution in [3.8, 4) is 12.3 Å². The van der Waals surface area contributed by atoms with Crippen LogP contribution in [0.4, 0.5) is 18.9 Å². The van der Waals surface area contributed by atoms with E-state index in [1.807, 2.05) is 0 Å². The molecule has 0 aliphatic rings. The summed E-state index contributed by atoms with van der Waals surface area (Å²) in [5, 5.41) is 12.4. The molecule has 0 bridgehead atoms. The standard InChI is InChI=1S/C16H14F3N3O2/c1-3-11-5-4-6-12(9-11)21-13(23)10-15(24,16(17,18)19)14-20-7-8-22(14)2/h1,4-9,24H,10H2,2H3,(H,21,23)/t15-/m1/s1. The maximum atomic E-state index is 13.4. The van der Waals surface area contributed by atoms with Crippen LogP contribution in [0.1, 0.15) is 17.8 Å². The number of hydrogen-bond acceptors (Lipinski definition) is 3. The summed E-state index contributed by atoms with van der Waals surface area (Å²) in [7, 11) is 1.30. The topological polar surface area (TPSA) is 67.2 Å². The molecular formula is C16H14F3N3O2. The molecule has 2 N–H and O–H groups in total. The zero-order chi connectivity index (χ0) is 18.0. The first-order valence-corrected chi connectivity index (χ1v) is 6.81. The van der Waals surface area contributed by atoms with Gasteiger partial charge in [-0.1, -0.05) is 12.0 Å². The largest absolute Gasteiger partial charge is 0.425 e. The molecule has 1 heterocycles. The van der Waals surface area contributed by atoms with Crippen molar-refractivity contribution >= 4 is 11.6 Å². The van der Waals surface area contributed by atoms with Gasteiger partial charge in [0.2, 0.25) is 11.5 Å². The Hall–Kier alpha value is -2.79. The summed E-state index contributed by atoms with van der Waals surface area (Å²) < 4.78 is 41.1. The number of alkyl halides is 3. The Labute approximate surface area is 136 Å². The number of terminal acetylenes is 1. The Morgan fingerprint density at radius 3 is 2.71 bits per heavy atom. The highest BCUT2D eigenvalue weighted by Gasteiger charge is 2.58. The molecular weight excluding hydrogens is 323 g/mol. The second-order valence-corrected chi connectivity index (χ2v) is 5.17. The van der Waals surface area contributed by atoms with Crippen molar-refractivity contribution in [2.24, 2.45) is 7.05 Å². The molecule has 2 rings (SSSR count). The van der Waals surface area contributed by atoms with Crippen LogP contribution in [0.5, 0.6) is 0 Å². The molecule has 1 amide bonds. The first-order valence-electron chi connectivity index (χ1n) is 6.81. The van der Waals surface area contributed by atoms with Crippen molar-refractivity contribution in [1.82, 2.24) is 9.55 Å². The van der Waals surface area contributed by atoms with Gasteiger partial charge in [0.15, 0.2) is 5.82 Å². The molecule has 8 heteroatoms. The Morgan fingerprint density at radius 1 is 1.46 bits per heavy atom. The van der Waals surface area contributed by atoms with E-state index in [0.717, 1.165) is 10.8 Å². The predicted molar refractivity (Wildman–Crippen MR) is 80.8 cm³/mol. The molecule has 1 atom stereocenters. The third-order valence-electron chi connectivity index (χ3n) is 3.39. The number of halogens is 3. The highest BCUT2D eigenvalue weighted by atomic mass is 19.4. The van der Waals surface area contributed by atoms with Gasteiger partial charge in [0, 0.05) is 30.7 Å². The van der Waals surface area contributed by atoms with Crippen LogP contribution in [0.15, 0.2) is 36.7 Å². The van der Waals surface area contributed by atoms with Crippen LogP contribution in [0.25, 0.3) is 0 Å². The molecule has 2 aromatic rings. The number of hydrogen-bond donors (Lipinski definition) is 2. The number of nitrogens with zero attached hydrogens (tertiary/aromatic N) is 2. The number of aromatic nitrogens is 2. The van der Waals surface area contributed by atoms with Gasteiger partial charge in [-0.05, 0) is 18.2 Å². The van der Waals surface area contributed by atoms with E-state index in [2.05, 4.69) is 16.2 Å². The van der Waals surface area contributed by atoms with Crippen LogP contribution in [0, 0.1) is 12.3 Å². The molecule has 0 aliphatic carbocycles. The van der Waals surface area contributed by atoms with Crippen LogP contribution in [-0.4, -0.2) is 26.7 Å². The number of carbonyl (C=O) groups excluding carboxylic acids is 1. The minimum Gasteiger partial charge on any atom is -0.374 e. The van der Waals surface area contributed by atoms with Crippen LogP contribution >= 0.6 is 0 Å². The van der Waals surface area contributed by atoms with E-state index in [1.54, 1.807) is 12.1 Å². The van der Waals surface area contributed by atoms with Gasteiger partial charge >= 0.3 is 6.18 Å². The summed E-state index contributed by atoms with van der Waals surface area (Å²) in [5.41, 5.74) is -2.71. The minimum atomic E-state index is -5.08. The molecule has 0 radical (unpaired) electrons. The number of carbonyl (C=O) groups is 1. The maximum absolute atomic E-state index is 13.4. The van der Waals surface area contributed by atoms with Gasteiger partial charge in [-0.15, -0.1) is 6.42 Å². The van der Waals surface area contributed by atoms with E-state index in [9.17, 15) is 23.1 Å². The van der Waals surface area contributed by atoms with Crippen molar-refractivity contribution in [3.05, 3.63) is 48.0 Å². The summed E-state index contributed by atoms with van der Waals surface area (Å²) in [6.45, 7) is 0. The Balaban J connectivity index is 2.26. The number of aryl methyl sites for hydroxylation is 1. The molecule has 0 spiro atoms. The van der Waals surface area contributed by atoms with Gasteiger partial charge in [-0.25, -0.2) is 4.98 Å². The fourth-order valence-corrected chi connectivity index (χ4v) is 2.19. The molecule has 0 saturated heterocycles. The third kappa shape index (κ3) is 3.41. The predicted octanol–water partition coefficient (Wildman–Crippen LogP) is 2.18. The van der Waals surface area contributed by atoms with Gasteiger partial charge in [0.25, 0.3) is 0 Å². The molecule has 5 nitrogen and oxygen atoms in total. The van der Waals surface area contributed by atoms with E-state index >= 15 is 0 Å². The van der Waals surface area contributed by atoms with Crippen LogP contribution in [-0.2, 0) is 17.4 Å². The molecule has 1 aromatic heterocycles. The van der Waals surface area contributed by atoms with Crippen LogP contribution < -0.4 is 5.32 Å². The summed E-state index contributed by atoms with van der Waals surface area (Å²) >= 11 is 0. The Bertz CT molecular complexity index is 792. The lowest BCUT2D eigenvalue weighted by atomic mass is 9.97. The van der Waals surface area contributed by atoms with Gasteiger partial charge in [0.1, 0.15) is 0 Å². The quantitative estimate of drug-likeness (QED) is 0.841. The molecule has 0 unspecified atom stereocenters. The number of rotatable bonds is 4. The van der Waals surface area contributed by atoms with Gasteiger partial charge in [-0.3, -0.25) is 4.79 Å². The van der Waals surface area contributed by atoms with Gasteiger partial charge < -0.3 is 15.0 Å². The second kappa shape index (κ2) is 6.37. The summed E-state index contributed by atoms with van der Waals surface area (Å²) in [6, 6.07) is 6.08. The van der Waals surface area contributed by atoms with Crippen molar-refractivity contribution in [2.45, 2.75) is 18.2 Å². The average Bonchev–Trinajstić information content (AvgIpc) is 2.92. The molecule has 0 fully saturated rings. The summed E-state index contributed by atoms with van der Waals surface area (Å²) in [4.78, 5) is 15.5. The van der Waals surface area contributed by atoms with E-state index in [0.29, 0.717) is 5.56 Å². The number of aliphatic hydroxyl groups is 1. The molecule has 24 heavy (non-hydrogen) atoms. The molecule has 126 valence electrons. The van der Waals surface area contributed by atoms with Gasteiger partial charge in [-0.2, -0.15) is 13.2 Å². The molecule has 0 saturated carbocycles. The summed E-state index contributed by atoms with van der Waals surface area (Å²) in [6.07, 6.45) is 1.27. The maximum Gasteiger partial charge on any atom is 0.425 e.